The van der Waals surface area contributed by atoms with E-state index in [1.165, 1.54) is 0 Å². The Morgan fingerprint density at radius 3 is 3.00 bits per heavy atom. The molecule has 6 heteroatoms. The highest BCUT2D eigenvalue weighted by molar-refractivity contribution is 7.08. The number of carbonyl (C=O) groups excluding carboxylic acids is 1. The third kappa shape index (κ3) is 3.29. The summed E-state index contributed by atoms with van der Waals surface area (Å²) >= 11 is 1.64. The molecule has 3 heterocycles. The summed E-state index contributed by atoms with van der Waals surface area (Å²) in [5, 5.41) is 8.12. The second kappa shape index (κ2) is 7.41. The topological polar surface area (TPSA) is 58.1 Å². The molecule has 1 fully saturated rings. The number of nitrogens with one attached hydrogen (secondary N) is 1. The Hall–Kier alpha value is -2.47. The van der Waals surface area contributed by atoms with Gasteiger partial charge in [-0.15, -0.1) is 0 Å². The molecule has 2 aromatic heterocycles. The van der Waals surface area contributed by atoms with Gasteiger partial charge in [-0.3, -0.25) is 4.79 Å². The van der Waals surface area contributed by atoms with E-state index in [0.29, 0.717) is 13.1 Å². The maximum atomic E-state index is 12.3. The van der Waals surface area contributed by atoms with Gasteiger partial charge in [-0.05, 0) is 43.3 Å². The maximum Gasteiger partial charge on any atom is 0.224 e. The van der Waals surface area contributed by atoms with Crippen LogP contribution in [0.1, 0.15) is 19.8 Å². The lowest BCUT2D eigenvalue weighted by molar-refractivity contribution is -0.125. The molecule has 1 amide bonds. The quantitative estimate of drug-likeness (QED) is 0.765. The van der Waals surface area contributed by atoms with Gasteiger partial charge in [0.25, 0.3) is 0 Å². The first-order valence-corrected chi connectivity index (χ1v) is 10.0. The number of rotatable bonds is 4. The van der Waals surface area contributed by atoms with Crippen LogP contribution in [0.4, 0.5) is 5.82 Å². The van der Waals surface area contributed by atoms with Gasteiger partial charge in [0.2, 0.25) is 5.91 Å². The highest BCUT2D eigenvalue weighted by Gasteiger charge is 2.27. The van der Waals surface area contributed by atoms with Crippen LogP contribution in [-0.4, -0.2) is 35.5 Å². The Morgan fingerprint density at radius 2 is 2.19 bits per heavy atom. The lowest BCUT2D eigenvalue weighted by atomic mass is 9.97. The van der Waals surface area contributed by atoms with Gasteiger partial charge in [-0.25, -0.2) is 9.97 Å². The molecule has 1 N–H and O–H groups in total. The highest BCUT2D eigenvalue weighted by Crippen LogP contribution is 2.31. The van der Waals surface area contributed by atoms with Crippen molar-refractivity contribution in [3.05, 3.63) is 41.1 Å². The molecule has 0 spiro atoms. The van der Waals surface area contributed by atoms with Crippen molar-refractivity contribution < 1.29 is 4.79 Å². The van der Waals surface area contributed by atoms with Crippen LogP contribution in [0.3, 0.4) is 0 Å². The number of carbonyl (C=O) groups is 1. The van der Waals surface area contributed by atoms with Crippen molar-refractivity contribution in [2.75, 3.05) is 24.5 Å². The van der Waals surface area contributed by atoms with Gasteiger partial charge in [0.05, 0.1) is 11.4 Å². The number of hydrogen-bond donors (Lipinski definition) is 1. The Labute approximate surface area is 157 Å². The van der Waals surface area contributed by atoms with Crippen molar-refractivity contribution in [2.24, 2.45) is 5.92 Å². The predicted octanol–water partition coefficient (Wildman–Crippen LogP) is 3.71. The van der Waals surface area contributed by atoms with E-state index in [1.54, 1.807) is 11.3 Å². The van der Waals surface area contributed by atoms with Gasteiger partial charge in [0.1, 0.15) is 5.82 Å². The number of para-hydroxylation sites is 1. The zero-order chi connectivity index (χ0) is 17.9. The van der Waals surface area contributed by atoms with Crippen molar-refractivity contribution >= 4 is 34.0 Å². The molecule has 0 bridgehead atoms. The van der Waals surface area contributed by atoms with E-state index in [1.807, 2.05) is 36.6 Å². The molecule has 1 aliphatic heterocycles. The predicted molar refractivity (Wildman–Crippen MR) is 106 cm³/mol. The molecule has 1 atom stereocenters. The lowest BCUT2D eigenvalue weighted by Gasteiger charge is -2.33. The van der Waals surface area contributed by atoms with Crippen molar-refractivity contribution in [3.8, 4) is 11.4 Å². The van der Waals surface area contributed by atoms with Crippen LogP contribution in [-0.2, 0) is 4.79 Å². The minimum atomic E-state index is 0.0158. The van der Waals surface area contributed by atoms with Crippen molar-refractivity contribution in [1.29, 1.82) is 0 Å². The molecular weight excluding hydrogens is 344 g/mol. The van der Waals surface area contributed by atoms with Crippen molar-refractivity contribution in [1.82, 2.24) is 15.3 Å². The van der Waals surface area contributed by atoms with Gasteiger partial charge in [0, 0.05) is 36.0 Å². The van der Waals surface area contributed by atoms with Crippen LogP contribution >= 0.6 is 11.3 Å². The average molecular weight is 366 g/mol. The fourth-order valence-electron chi connectivity index (χ4n) is 3.52. The number of amides is 1. The Bertz CT molecular complexity index is 909. The van der Waals surface area contributed by atoms with E-state index in [9.17, 15) is 4.79 Å². The summed E-state index contributed by atoms with van der Waals surface area (Å²) in [5.41, 5.74) is 1.98. The van der Waals surface area contributed by atoms with Crippen LogP contribution < -0.4 is 10.2 Å². The number of thiophene rings is 1. The molecule has 1 saturated heterocycles. The smallest absolute Gasteiger partial charge is 0.224 e. The first-order chi connectivity index (χ1) is 12.8. The monoisotopic (exact) mass is 366 g/mol. The van der Waals surface area contributed by atoms with Gasteiger partial charge in [-0.2, -0.15) is 11.3 Å². The number of benzene rings is 1. The Morgan fingerprint density at radius 1 is 1.31 bits per heavy atom. The second-order valence-electron chi connectivity index (χ2n) is 6.58. The van der Waals surface area contributed by atoms with Gasteiger partial charge >= 0.3 is 0 Å². The van der Waals surface area contributed by atoms with Gasteiger partial charge < -0.3 is 10.2 Å². The molecule has 5 nitrogen and oxygen atoms in total. The fourth-order valence-corrected chi connectivity index (χ4v) is 4.16. The first kappa shape index (κ1) is 17.0. The SMILES string of the molecule is CCNC(=O)C1CCCN(c2nc(-c3ccsc3)nc3ccccc23)C1. The van der Waals surface area contributed by atoms with E-state index >= 15 is 0 Å². The molecule has 0 saturated carbocycles. The second-order valence-corrected chi connectivity index (χ2v) is 7.36. The van der Waals surface area contributed by atoms with E-state index in [2.05, 4.69) is 21.7 Å². The lowest BCUT2D eigenvalue weighted by Crippen LogP contribution is -2.43. The number of piperidine rings is 1. The van der Waals surface area contributed by atoms with E-state index in [-0.39, 0.29) is 11.8 Å². The summed E-state index contributed by atoms with van der Waals surface area (Å²) in [6.07, 6.45) is 1.93. The highest BCUT2D eigenvalue weighted by atomic mass is 32.1. The third-order valence-electron chi connectivity index (χ3n) is 4.81. The minimum absolute atomic E-state index is 0.0158. The number of aromatic nitrogens is 2. The molecule has 26 heavy (non-hydrogen) atoms. The van der Waals surface area contributed by atoms with Crippen LogP contribution in [0.15, 0.2) is 41.1 Å². The number of hydrogen-bond acceptors (Lipinski definition) is 5. The maximum absolute atomic E-state index is 12.3. The standard InChI is InChI=1S/C20H22N4OS/c1-2-21-20(25)14-6-5-10-24(12-14)19-16-7-3-4-8-17(16)22-18(23-19)15-9-11-26-13-15/h3-4,7-9,11,13-14H,2,5-6,10,12H2,1H3,(H,21,25). The molecule has 4 rings (SSSR count). The molecule has 1 aliphatic rings. The summed E-state index contributed by atoms with van der Waals surface area (Å²) < 4.78 is 0. The number of fused-ring (bicyclic) bond motifs is 1. The normalized spacial score (nSPS) is 17.4. The largest absolute Gasteiger partial charge is 0.356 e. The summed E-state index contributed by atoms with van der Waals surface area (Å²) in [6, 6.07) is 10.2. The molecule has 3 aromatic rings. The van der Waals surface area contributed by atoms with E-state index < -0.39 is 0 Å². The number of nitrogens with zero attached hydrogens (tertiary/aromatic N) is 3. The van der Waals surface area contributed by atoms with Crippen LogP contribution in [0.25, 0.3) is 22.3 Å². The molecule has 0 radical (unpaired) electrons. The first-order valence-electron chi connectivity index (χ1n) is 9.08. The molecule has 0 aliphatic carbocycles. The Balaban J connectivity index is 1.74. The van der Waals surface area contributed by atoms with Crippen molar-refractivity contribution in [2.45, 2.75) is 19.8 Å². The molecule has 134 valence electrons. The number of anilines is 1. The zero-order valence-electron chi connectivity index (χ0n) is 14.8. The minimum Gasteiger partial charge on any atom is -0.356 e. The van der Waals surface area contributed by atoms with Crippen LogP contribution in [0.2, 0.25) is 0 Å². The van der Waals surface area contributed by atoms with E-state index in [0.717, 1.165) is 47.5 Å². The van der Waals surface area contributed by atoms with Crippen LogP contribution in [0.5, 0.6) is 0 Å². The molecule has 1 unspecified atom stereocenters. The Kier molecular flexibility index (Phi) is 4.84. The molecule has 1 aromatic carbocycles. The van der Waals surface area contributed by atoms with Gasteiger partial charge in [-0.1, -0.05) is 12.1 Å². The van der Waals surface area contributed by atoms with Gasteiger partial charge in [0.15, 0.2) is 5.82 Å². The van der Waals surface area contributed by atoms with E-state index in [4.69, 9.17) is 9.97 Å². The summed E-state index contributed by atoms with van der Waals surface area (Å²) in [5.74, 6) is 1.85. The average Bonchev–Trinajstić information content (AvgIpc) is 3.22. The summed E-state index contributed by atoms with van der Waals surface area (Å²) in [4.78, 5) is 24.2. The fraction of sp³-hybridized carbons (Fsp3) is 0.350. The zero-order valence-corrected chi connectivity index (χ0v) is 15.6. The summed E-state index contributed by atoms with van der Waals surface area (Å²) in [6.45, 7) is 4.26. The van der Waals surface area contributed by atoms with Crippen LogP contribution in [0, 0.1) is 5.92 Å². The third-order valence-corrected chi connectivity index (χ3v) is 5.49. The summed E-state index contributed by atoms with van der Waals surface area (Å²) in [7, 11) is 0. The molecular formula is C20H22N4OS. The van der Waals surface area contributed by atoms with Crippen molar-refractivity contribution in [3.63, 3.8) is 0 Å².